The Hall–Kier alpha value is -1.73. The van der Waals surface area contributed by atoms with E-state index in [9.17, 15) is 14.9 Å². The first-order valence-corrected chi connectivity index (χ1v) is 7.66. The Kier molecular flexibility index (Phi) is 4.74. The Labute approximate surface area is 133 Å². The van der Waals surface area contributed by atoms with Crippen molar-refractivity contribution in [3.05, 3.63) is 54.2 Å². The molecule has 1 aromatic carbocycles. The second-order valence-corrected chi connectivity index (χ2v) is 6.65. The van der Waals surface area contributed by atoms with Crippen LogP contribution in [0.3, 0.4) is 0 Å². The maximum absolute atomic E-state index is 12.0. The van der Waals surface area contributed by atoms with Gasteiger partial charge in [0.1, 0.15) is 0 Å². The van der Waals surface area contributed by atoms with Gasteiger partial charge in [-0.1, -0.05) is 15.9 Å². The normalized spacial score (nSPS) is 10.4. The number of hydrogen-bond acceptors (Lipinski definition) is 5. The van der Waals surface area contributed by atoms with E-state index in [1.54, 1.807) is 19.1 Å². The van der Waals surface area contributed by atoms with Gasteiger partial charge in [0, 0.05) is 15.4 Å². The lowest BCUT2D eigenvalue weighted by Crippen LogP contribution is -2.11. The Morgan fingerprint density at radius 1 is 1.38 bits per heavy atom. The number of nitro benzene ring substituents is 1. The van der Waals surface area contributed by atoms with Crippen molar-refractivity contribution in [3.63, 3.8) is 0 Å². The van der Waals surface area contributed by atoms with E-state index in [1.807, 2.05) is 13.0 Å². The van der Waals surface area contributed by atoms with Crippen molar-refractivity contribution in [2.24, 2.45) is 0 Å². The largest absolute Gasteiger partial charge is 0.478 e. The van der Waals surface area contributed by atoms with E-state index in [0.29, 0.717) is 14.9 Å². The van der Waals surface area contributed by atoms with Crippen LogP contribution in [0.5, 0.6) is 5.75 Å². The van der Waals surface area contributed by atoms with Crippen LogP contribution in [0.1, 0.15) is 20.1 Å². The topological polar surface area (TPSA) is 69.4 Å². The molecule has 0 bridgehead atoms. The molecule has 0 atom stereocenters. The van der Waals surface area contributed by atoms with Gasteiger partial charge in [0.15, 0.2) is 6.61 Å². The van der Waals surface area contributed by atoms with Crippen LogP contribution in [0.15, 0.2) is 28.7 Å². The summed E-state index contributed by atoms with van der Waals surface area (Å²) < 4.78 is 6.00. The van der Waals surface area contributed by atoms with Crippen molar-refractivity contribution >= 4 is 38.7 Å². The molecule has 0 spiro atoms. The SMILES string of the molecule is Cc1ccc(C(=O)COc2c(C)cc(Br)cc2[N+](=O)[O-])s1. The van der Waals surface area contributed by atoms with Crippen molar-refractivity contribution in [3.8, 4) is 5.75 Å². The van der Waals surface area contributed by atoms with Crippen molar-refractivity contribution in [1.82, 2.24) is 0 Å². The molecule has 0 radical (unpaired) electrons. The molecule has 21 heavy (non-hydrogen) atoms. The first-order chi connectivity index (χ1) is 9.88. The summed E-state index contributed by atoms with van der Waals surface area (Å²) in [5, 5.41) is 11.1. The zero-order valence-electron chi connectivity index (χ0n) is 11.4. The number of ketones is 1. The number of ether oxygens (including phenoxy) is 1. The van der Waals surface area contributed by atoms with E-state index in [0.717, 1.165) is 4.88 Å². The zero-order valence-corrected chi connectivity index (χ0v) is 13.8. The molecule has 0 saturated heterocycles. The average Bonchev–Trinajstić information content (AvgIpc) is 2.83. The average molecular weight is 370 g/mol. The van der Waals surface area contributed by atoms with Crippen LogP contribution in [0.25, 0.3) is 0 Å². The molecule has 0 aliphatic carbocycles. The standard InChI is InChI=1S/C14H12BrNO4S/c1-8-5-10(15)6-11(16(18)19)14(8)20-7-12(17)13-4-3-9(2)21-13/h3-6H,7H2,1-2H3. The number of hydrogen-bond donors (Lipinski definition) is 0. The molecule has 0 amide bonds. The Balaban J connectivity index is 2.20. The van der Waals surface area contributed by atoms with E-state index in [1.165, 1.54) is 17.4 Å². The third kappa shape index (κ3) is 3.68. The number of aryl methyl sites for hydroxylation is 2. The molecular weight excluding hydrogens is 358 g/mol. The lowest BCUT2D eigenvalue weighted by atomic mass is 10.2. The summed E-state index contributed by atoms with van der Waals surface area (Å²) in [6.07, 6.45) is 0. The fraction of sp³-hybridized carbons (Fsp3) is 0.214. The van der Waals surface area contributed by atoms with Gasteiger partial charge < -0.3 is 4.74 Å². The molecule has 0 aliphatic rings. The number of benzene rings is 1. The highest BCUT2D eigenvalue weighted by molar-refractivity contribution is 9.10. The first-order valence-electron chi connectivity index (χ1n) is 6.05. The highest BCUT2D eigenvalue weighted by Gasteiger charge is 2.20. The van der Waals surface area contributed by atoms with Gasteiger partial charge >= 0.3 is 5.69 Å². The highest BCUT2D eigenvalue weighted by Crippen LogP contribution is 2.34. The van der Waals surface area contributed by atoms with Gasteiger partial charge in [-0.3, -0.25) is 14.9 Å². The van der Waals surface area contributed by atoms with E-state index in [4.69, 9.17) is 4.74 Å². The molecule has 2 aromatic rings. The smallest absolute Gasteiger partial charge is 0.312 e. The van der Waals surface area contributed by atoms with Gasteiger partial charge in [-0.05, 0) is 37.6 Å². The second kappa shape index (κ2) is 6.36. The third-order valence-corrected chi connectivity index (χ3v) is 4.28. The lowest BCUT2D eigenvalue weighted by molar-refractivity contribution is -0.385. The summed E-state index contributed by atoms with van der Waals surface area (Å²) >= 11 is 4.59. The van der Waals surface area contributed by atoms with Crippen molar-refractivity contribution < 1.29 is 14.5 Å². The summed E-state index contributed by atoms with van der Waals surface area (Å²) in [5.74, 6) is -0.0606. The molecule has 2 rings (SSSR count). The number of carbonyl (C=O) groups is 1. The van der Waals surface area contributed by atoms with Crippen LogP contribution in [-0.4, -0.2) is 17.3 Å². The molecule has 0 unspecified atom stereocenters. The van der Waals surface area contributed by atoms with Crippen LogP contribution >= 0.6 is 27.3 Å². The van der Waals surface area contributed by atoms with Gasteiger partial charge in [0.05, 0.1) is 9.80 Å². The molecule has 1 aromatic heterocycles. The monoisotopic (exact) mass is 369 g/mol. The van der Waals surface area contributed by atoms with Crippen LogP contribution in [0.2, 0.25) is 0 Å². The number of Topliss-reactive ketones (excluding diaryl/α,β-unsaturated/α-hetero) is 1. The minimum atomic E-state index is -0.521. The molecular formula is C14H12BrNO4S. The van der Waals surface area contributed by atoms with Crippen LogP contribution in [0, 0.1) is 24.0 Å². The van der Waals surface area contributed by atoms with E-state index in [-0.39, 0.29) is 23.8 Å². The number of nitrogens with zero attached hydrogens (tertiary/aromatic N) is 1. The van der Waals surface area contributed by atoms with E-state index < -0.39 is 4.92 Å². The molecule has 110 valence electrons. The Bertz CT molecular complexity index is 711. The minimum Gasteiger partial charge on any atom is -0.478 e. The number of halogens is 1. The van der Waals surface area contributed by atoms with Gasteiger partial charge in [0.25, 0.3) is 0 Å². The number of thiophene rings is 1. The summed E-state index contributed by atoms with van der Waals surface area (Å²) in [6, 6.07) is 6.66. The van der Waals surface area contributed by atoms with Crippen LogP contribution < -0.4 is 4.74 Å². The maximum atomic E-state index is 12.0. The van der Waals surface area contributed by atoms with Gasteiger partial charge in [-0.25, -0.2) is 0 Å². The summed E-state index contributed by atoms with van der Waals surface area (Å²) in [6.45, 7) is 3.39. The number of nitro groups is 1. The fourth-order valence-electron chi connectivity index (χ4n) is 1.83. The summed E-state index contributed by atoms with van der Waals surface area (Å²) in [7, 11) is 0. The van der Waals surface area contributed by atoms with Gasteiger partial charge in [-0.15, -0.1) is 11.3 Å². The molecule has 7 heteroatoms. The predicted molar refractivity (Wildman–Crippen MR) is 84.4 cm³/mol. The van der Waals surface area contributed by atoms with Crippen molar-refractivity contribution in [2.75, 3.05) is 6.61 Å². The van der Waals surface area contributed by atoms with E-state index in [2.05, 4.69) is 15.9 Å². The number of rotatable bonds is 5. The molecule has 0 saturated carbocycles. The second-order valence-electron chi connectivity index (χ2n) is 4.45. The Morgan fingerprint density at radius 2 is 2.10 bits per heavy atom. The molecule has 0 aliphatic heterocycles. The quantitative estimate of drug-likeness (QED) is 0.447. The molecule has 0 N–H and O–H groups in total. The van der Waals surface area contributed by atoms with Crippen LogP contribution in [0.4, 0.5) is 5.69 Å². The lowest BCUT2D eigenvalue weighted by Gasteiger charge is -2.09. The molecule has 1 heterocycles. The summed E-state index contributed by atoms with van der Waals surface area (Å²) in [4.78, 5) is 24.2. The van der Waals surface area contributed by atoms with Crippen LogP contribution in [-0.2, 0) is 0 Å². The zero-order chi connectivity index (χ0) is 15.6. The van der Waals surface area contributed by atoms with Gasteiger partial charge in [0.2, 0.25) is 11.5 Å². The highest BCUT2D eigenvalue weighted by atomic mass is 79.9. The van der Waals surface area contributed by atoms with Crippen molar-refractivity contribution in [1.29, 1.82) is 0 Å². The minimum absolute atomic E-state index is 0.129. The van der Waals surface area contributed by atoms with Crippen molar-refractivity contribution in [2.45, 2.75) is 13.8 Å². The Morgan fingerprint density at radius 3 is 2.67 bits per heavy atom. The third-order valence-electron chi connectivity index (χ3n) is 2.78. The first kappa shape index (κ1) is 15.7. The fourth-order valence-corrected chi connectivity index (χ4v) is 3.18. The number of carbonyl (C=O) groups excluding carboxylic acids is 1. The summed E-state index contributed by atoms with van der Waals surface area (Å²) in [5.41, 5.74) is 0.447. The van der Waals surface area contributed by atoms with E-state index >= 15 is 0 Å². The predicted octanol–water partition coefficient (Wildman–Crippen LogP) is 4.30. The molecule has 0 fully saturated rings. The maximum Gasteiger partial charge on any atom is 0.312 e. The van der Waals surface area contributed by atoms with Gasteiger partial charge in [-0.2, -0.15) is 0 Å². The molecule has 5 nitrogen and oxygen atoms in total.